The number of benzene rings is 1. The Hall–Kier alpha value is -1.04. The lowest BCUT2D eigenvalue weighted by Crippen LogP contribution is -2.41. The van der Waals surface area contributed by atoms with Gasteiger partial charge >= 0.3 is 7.12 Å². The van der Waals surface area contributed by atoms with Crippen molar-refractivity contribution < 1.29 is 14.0 Å². The van der Waals surface area contributed by atoms with Crippen molar-refractivity contribution in [2.75, 3.05) is 25.1 Å². The fourth-order valence-electron chi connectivity index (χ4n) is 3.00. The molecule has 0 saturated carbocycles. The predicted molar refractivity (Wildman–Crippen MR) is 89.8 cm³/mol. The molecule has 1 unspecified atom stereocenters. The van der Waals surface area contributed by atoms with Gasteiger partial charge in [0, 0.05) is 25.9 Å². The summed E-state index contributed by atoms with van der Waals surface area (Å²) in [5.41, 5.74) is 1.69. The zero-order valence-corrected chi connectivity index (χ0v) is 14.3. The third-order valence-corrected chi connectivity index (χ3v) is 5.24. The number of ether oxygens (including phenoxy) is 1. The molecule has 0 spiro atoms. The van der Waals surface area contributed by atoms with E-state index in [2.05, 4.69) is 56.9 Å². The summed E-state index contributed by atoms with van der Waals surface area (Å²) in [4.78, 5) is 2.36. The maximum Gasteiger partial charge on any atom is 0.494 e. The second kappa shape index (κ2) is 5.55. The molecule has 0 aliphatic carbocycles. The highest BCUT2D eigenvalue weighted by molar-refractivity contribution is 6.62. The lowest BCUT2D eigenvalue weighted by atomic mass is 9.79. The van der Waals surface area contributed by atoms with Crippen LogP contribution in [-0.4, -0.2) is 44.6 Å². The number of nitrogens with zero attached hydrogens (tertiary/aromatic N) is 1. The molecule has 1 aromatic rings. The van der Waals surface area contributed by atoms with E-state index in [-0.39, 0.29) is 18.3 Å². The number of hydrogen-bond acceptors (Lipinski definition) is 4. The lowest BCUT2D eigenvalue weighted by Gasteiger charge is -2.32. The van der Waals surface area contributed by atoms with Gasteiger partial charge in [0.15, 0.2) is 0 Å². The number of hydrogen-bond donors (Lipinski definition) is 0. The molecule has 2 saturated heterocycles. The molecule has 3 rings (SSSR count). The third kappa shape index (κ3) is 2.77. The molecule has 2 aliphatic heterocycles. The van der Waals surface area contributed by atoms with Crippen molar-refractivity contribution in [3.8, 4) is 0 Å². The molecule has 0 bridgehead atoms. The van der Waals surface area contributed by atoms with Crippen molar-refractivity contribution >= 4 is 18.3 Å². The molecule has 5 heteroatoms. The summed E-state index contributed by atoms with van der Waals surface area (Å²) in [6.45, 7) is 10.3. The second-order valence-corrected chi connectivity index (χ2v) is 7.28. The largest absolute Gasteiger partial charge is 0.494 e. The van der Waals surface area contributed by atoms with Crippen molar-refractivity contribution in [3.05, 3.63) is 24.3 Å². The lowest BCUT2D eigenvalue weighted by molar-refractivity contribution is 0.00578. The highest BCUT2D eigenvalue weighted by atomic mass is 16.7. The molecule has 120 valence electrons. The maximum absolute atomic E-state index is 6.14. The zero-order chi connectivity index (χ0) is 16.0. The van der Waals surface area contributed by atoms with Crippen molar-refractivity contribution in [1.29, 1.82) is 0 Å². The van der Waals surface area contributed by atoms with Gasteiger partial charge in [-0.2, -0.15) is 0 Å². The Balaban J connectivity index is 1.78. The molecule has 2 heterocycles. The van der Waals surface area contributed by atoms with E-state index in [1.54, 1.807) is 7.11 Å². The molecule has 2 aliphatic rings. The van der Waals surface area contributed by atoms with Crippen LogP contribution in [0.15, 0.2) is 24.3 Å². The quantitative estimate of drug-likeness (QED) is 0.801. The number of anilines is 1. The number of methoxy groups -OCH3 is 1. The van der Waals surface area contributed by atoms with E-state index in [1.807, 2.05) is 0 Å². The van der Waals surface area contributed by atoms with Gasteiger partial charge in [-0.25, -0.2) is 0 Å². The van der Waals surface area contributed by atoms with Crippen molar-refractivity contribution in [3.63, 3.8) is 0 Å². The van der Waals surface area contributed by atoms with Crippen LogP contribution in [0, 0.1) is 0 Å². The molecular weight excluding hydrogens is 277 g/mol. The van der Waals surface area contributed by atoms with Crippen LogP contribution in [0.25, 0.3) is 0 Å². The summed E-state index contributed by atoms with van der Waals surface area (Å²) in [5.74, 6) is 0. The Bertz CT molecular complexity index is 530. The SMILES string of the molecule is COC1CCN(c2cccc(B3OC(C)(C)C(C)(C)O3)c2)C1. The van der Waals surface area contributed by atoms with Crippen LogP contribution in [0.3, 0.4) is 0 Å². The standard InChI is InChI=1S/C17H26BNO3/c1-16(2)17(3,4)22-18(21-16)13-7-6-8-14(11-13)19-10-9-15(12-19)20-5/h6-8,11,15H,9-10,12H2,1-5H3. The van der Waals surface area contributed by atoms with Crippen LogP contribution in [0.5, 0.6) is 0 Å². The Morgan fingerprint density at radius 2 is 1.86 bits per heavy atom. The molecule has 2 fully saturated rings. The van der Waals surface area contributed by atoms with Crippen LogP contribution in [0.1, 0.15) is 34.1 Å². The Labute approximate surface area is 133 Å². The molecule has 1 aromatic carbocycles. The summed E-state index contributed by atoms with van der Waals surface area (Å²) in [7, 11) is 1.49. The molecule has 1 atom stereocenters. The first-order valence-electron chi connectivity index (χ1n) is 8.06. The van der Waals surface area contributed by atoms with Crippen LogP contribution in [-0.2, 0) is 14.0 Å². The van der Waals surface area contributed by atoms with Gasteiger partial charge < -0.3 is 18.9 Å². The fourth-order valence-corrected chi connectivity index (χ4v) is 3.00. The smallest absolute Gasteiger partial charge is 0.399 e. The van der Waals surface area contributed by atoms with Gasteiger partial charge in [0.1, 0.15) is 0 Å². The second-order valence-electron chi connectivity index (χ2n) is 7.28. The van der Waals surface area contributed by atoms with Crippen LogP contribution < -0.4 is 10.4 Å². The summed E-state index contributed by atoms with van der Waals surface area (Å²) in [5, 5.41) is 0. The van der Waals surface area contributed by atoms with Gasteiger partial charge in [-0.15, -0.1) is 0 Å². The van der Waals surface area contributed by atoms with E-state index in [9.17, 15) is 0 Å². The molecule has 0 aromatic heterocycles. The minimum atomic E-state index is -0.303. The molecule has 0 radical (unpaired) electrons. The third-order valence-electron chi connectivity index (χ3n) is 5.24. The monoisotopic (exact) mass is 303 g/mol. The summed E-state index contributed by atoms with van der Waals surface area (Å²) in [6, 6.07) is 8.48. The Morgan fingerprint density at radius 3 is 2.45 bits per heavy atom. The predicted octanol–water partition coefficient (Wildman–Crippen LogP) is 2.21. The van der Waals surface area contributed by atoms with E-state index in [0.29, 0.717) is 6.10 Å². The van der Waals surface area contributed by atoms with Gasteiger partial charge in [-0.1, -0.05) is 12.1 Å². The first-order chi connectivity index (χ1) is 10.3. The van der Waals surface area contributed by atoms with Crippen LogP contribution >= 0.6 is 0 Å². The maximum atomic E-state index is 6.14. The molecule has 4 nitrogen and oxygen atoms in total. The Kier molecular flexibility index (Phi) is 4.00. The van der Waals surface area contributed by atoms with E-state index in [1.165, 1.54) is 5.69 Å². The highest BCUT2D eigenvalue weighted by Crippen LogP contribution is 2.36. The van der Waals surface area contributed by atoms with Gasteiger partial charge in [0.05, 0.1) is 17.3 Å². The zero-order valence-electron chi connectivity index (χ0n) is 14.3. The van der Waals surface area contributed by atoms with Gasteiger partial charge in [-0.3, -0.25) is 0 Å². The molecular formula is C17H26BNO3. The van der Waals surface area contributed by atoms with Crippen molar-refractivity contribution in [2.24, 2.45) is 0 Å². The minimum Gasteiger partial charge on any atom is -0.399 e. The summed E-state index contributed by atoms with van der Waals surface area (Å²) >= 11 is 0. The first-order valence-corrected chi connectivity index (χ1v) is 8.06. The molecule has 22 heavy (non-hydrogen) atoms. The average Bonchev–Trinajstić information content (AvgIpc) is 3.02. The normalized spacial score (nSPS) is 26.7. The van der Waals surface area contributed by atoms with Crippen LogP contribution in [0.4, 0.5) is 5.69 Å². The topological polar surface area (TPSA) is 30.9 Å². The van der Waals surface area contributed by atoms with E-state index < -0.39 is 0 Å². The average molecular weight is 303 g/mol. The van der Waals surface area contributed by atoms with Gasteiger partial charge in [-0.05, 0) is 51.7 Å². The van der Waals surface area contributed by atoms with E-state index >= 15 is 0 Å². The number of rotatable bonds is 3. The summed E-state index contributed by atoms with van der Waals surface area (Å²) in [6.07, 6.45) is 1.41. The fraction of sp³-hybridized carbons (Fsp3) is 0.647. The Morgan fingerprint density at radius 1 is 1.18 bits per heavy atom. The van der Waals surface area contributed by atoms with Gasteiger partial charge in [0.2, 0.25) is 0 Å². The van der Waals surface area contributed by atoms with Crippen molar-refractivity contribution in [1.82, 2.24) is 0 Å². The van der Waals surface area contributed by atoms with E-state index in [0.717, 1.165) is 25.0 Å². The molecule has 0 amide bonds. The van der Waals surface area contributed by atoms with Gasteiger partial charge in [0.25, 0.3) is 0 Å². The van der Waals surface area contributed by atoms with E-state index in [4.69, 9.17) is 14.0 Å². The van der Waals surface area contributed by atoms with Crippen molar-refractivity contribution in [2.45, 2.75) is 51.4 Å². The minimum absolute atomic E-state index is 0.300. The molecule has 0 N–H and O–H groups in total. The first kappa shape index (κ1) is 15.8. The van der Waals surface area contributed by atoms with Crippen LogP contribution in [0.2, 0.25) is 0 Å². The highest BCUT2D eigenvalue weighted by Gasteiger charge is 2.51. The summed E-state index contributed by atoms with van der Waals surface area (Å²) < 4.78 is 17.7.